The molecule has 2 aromatic rings. The smallest absolute Gasteiger partial charge is 0.326 e. The number of carboxylic acid groups (broad SMARTS) is 1. The predicted octanol–water partition coefficient (Wildman–Crippen LogP) is 3.72. The first-order valence-electron chi connectivity index (χ1n) is 8.26. The molecule has 1 aromatic heterocycles. The van der Waals surface area contributed by atoms with Crippen LogP contribution in [0.5, 0.6) is 5.75 Å². The molecule has 0 bridgehead atoms. The zero-order valence-corrected chi connectivity index (χ0v) is 15.1. The highest BCUT2D eigenvalue weighted by Crippen LogP contribution is 2.34. The van der Waals surface area contributed by atoms with E-state index in [0.29, 0.717) is 17.2 Å². The van der Waals surface area contributed by atoms with Gasteiger partial charge in [0.1, 0.15) is 11.8 Å². The first-order valence-corrected chi connectivity index (χ1v) is 9.08. The standard InChI is InChI=1S/C19H21NO4S/c1-11-15(13-5-7-14(24-2)8-6-13)10-17(25-11)18(21)20-16(19(22)23)9-12-3-4-12/h5-8,10,12,16H,3-4,9H2,1-2H3,(H,20,21)(H,22,23). The lowest BCUT2D eigenvalue weighted by molar-refractivity contribution is -0.139. The molecule has 1 atom stereocenters. The fourth-order valence-corrected chi connectivity index (χ4v) is 3.73. The van der Waals surface area contributed by atoms with Crippen LogP contribution in [0.4, 0.5) is 0 Å². The lowest BCUT2D eigenvalue weighted by Gasteiger charge is -2.13. The largest absolute Gasteiger partial charge is 0.497 e. The van der Waals surface area contributed by atoms with E-state index < -0.39 is 12.0 Å². The van der Waals surface area contributed by atoms with E-state index in [2.05, 4.69) is 5.32 Å². The number of aliphatic carboxylic acids is 1. The van der Waals surface area contributed by atoms with Crippen LogP contribution in [0.25, 0.3) is 11.1 Å². The molecule has 1 unspecified atom stereocenters. The molecule has 1 aliphatic rings. The van der Waals surface area contributed by atoms with Crippen molar-refractivity contribution in [1.82, 2.24) is 5.32 Å². The summed E-state index contributed by atoms with van der Waals surface area (Å²) in [6.07, 6.45) is 2.62. The quantitative estimate of drug-likeness (QED) is 0.790. The molecule has 132 valence electrons. The number of carbonyl (C=O) groups is 2. The molecule has 1 amide bonds. The van der Waals surface area contributed by atoms with Crippen molar-refractivity contribution in [3.63, 3.8) is 0 Å². The van der Waals surface area contributed by atoms with E-state index in [1.807, 2.05) is 37.3 Å². The molecule has 25 heavy (non-hydrogen) atoms. The molecule has 6 heteroatoms. The zero-order valence-electron chi connectivity index (χ0n) is 14.2. The van der Waals surface area contributed by atoms with Gasteiger partial charge in [-0.05, 0) is 48.6 Å². The van der Waals surface area contributed by atoms with E-state index >= 15 is 0 Å². The Morgan fingerprint density at radius 3 is 2.56 bits per heavy atom. The molecule has 1 aromatic carbocycles. The van der Waals surface area contributed by atoms with Gasteiger partial charge in [-0.2, -0.15) is 0 Å². The van der Waals surface area contributed by atoms with Crippen LogP contribution in [0, 0.1) is 12.8 Å². The number of carbonyl (C=O) groups excluding carboxylic acids is 1. The Hall–Kier alpha value is -2.34. The van der Waals surface area contributed by atoms with Gasteiger partial charge in [0, 0.05) is 4.88 Å². The van der Waals surface area contributed by atoms with Crippen LogP contribution in [0.2, 0.25) is 0 Å². The van der Waals surface area contributed by atoms with Crippen molar-refractivity contribution in [2.75, 3.05) is 7.11 Å². The maximum absolute atomic E-state index is 12.5. The first kappa shape index (κ1) is 17.5. The van der Waals surface area contributed by atoms with Crippen LogP contribution in [0.1, 0.15) is 33.8 Å². The first-order chi connectivity index (χ1) is 12.0. The van der Waals surface area contributed by atoms with Gasteiger partial charge in [0.25, 0.3) is 5.91 Å². The van der Waals surface area contributed by atoms with Crippen molar-refractivity contribution >= 4 is 23.2 Å². The fraction of sp³-hybridized carbons (Fsp3) is 0.368. The van der Waals surface area contributed by atoms with Gasteiger partial charge in [-0.15, -0.1) is 11.3 Å². The predicted molar refractivity (Wildman–Crippen MR) is 97.3 cm³/mol. The summed E-state index contributed by atoms with van der Waals surface area (Å²) in [5, 5.41) is 12.0. The van der Waals surface area contributed by atoms with Gasteiger partial charge in [0.2, 0.25) is 0 Å². The maximum Gasteiger partial charge on any atom is 0.326 e. The monoisotopic (exact) mass is 359 g/mol. The third-order valence-corrected chi connectivity index (χ3v) is 5.46. The third kappa shape index (κ3) is 4.20. The van der Waals surface area contributed by atoms with Gasteiger partial charge in [-0.1, -0.05) is 25.0 Å². The summed E-state index contributed by atoms with van der Waals surface area (Å²) in [4.78, 5) is 25.4. The van der Waals surface area contributed by atoms with Gasteiger partial charge in [0.15, 0.2) is 0 Å². The molecule has 0 spiro atoms. The average Bonchev–Trinajstić information content (AvgIpc) is 3.33. The SMILES string of the molecule is COc1ccc(-c2cc(C(=O)NC(CC3CC3)C(=O)O)sc2C)cc1. The van der Waals surface area contributed by atoms with E-state index in [0.717, 1.165) is 34.6 Å². The fourth-order valence-electron chi connectivity index (χ4n) is 2.79. The highest BCUT2D eigenvalue weighted by Gasteiger charge is 2.30. The Labute approximate surface area is 150 Å². The molecule has 0 aliphatic heterocycles. The van der Waals surface area contributed by atoms with Crippen LogP contribution in [-0.4, -0.2) is 30.1 Å². The summed E-state index contributed by atoms with van der Waals surface area (Å²) in [5.74, 6) is -0.0786. The molecule has 0 radical (unpaired) electrons. The van der Waals surface area contributed by atoms with Crippen LogP contribution < -0.4 is 10.1 Å². The van der Waals surface area contributed by atoms with Crippen molar-refractivity contribution in [3.05, 3.63) is 40.1 Å². The minimum atomic E-state index is -0.969. The highest BCUT2D eigenvalue weighted by molar-refractivity contribution is 7.14. The number of rotatable bonds is 7. The van der Waals surface area contributed by atoms with Crippen molar-refractivity contribution in [2.24, 2.45) is 5.92 Å². The van der Waals surface area contributed by atoms with Crippen LogP contribution in [0.15, 0.2) is 30.3 Å². The molecule has 1 aliphatic carbocycles. The average molecular weight is 359 g/mol. The molecule has 2 N–H and O–H groups in total. The lowest BCUT2D eigenvalue weighted by atomic mass is 10.1. The summed E-state index contributed by atoms with van der Waals surface area (Å²) in [6.45, 7) is 1.96. The normalized spacial score (nSPS) is 14.8. The van der Waals surface area contributed by atoms with E-state index in [4.69, 9.17) is 4.74 Å². The number of hydrogen-bond acceptors (Lipinski definition) is 4. The van der Waals surface area contributed by atoms with Gasteiger partial charge < -0.3 is 15.2 Å². The number of benzene rings is 1. The van der Waals surface area contributed by atoms with Crippen LogP contribution in [-0.2, 0) is 4.79 Å². The van der Waals surface area contributed by atoms with E-state index in [1.165, 1.54) is 11.3 Å². The second kappa shape index (κ2) is 7.27. The number of nitrogens with one attached hydrogen (secondary N) is 1. The van der Waals surface area contributed by atoms with Crippen molar-refractivity contribution in [3.8, 4) is 16.9 Å². The summed E-state index contributed by atoms with van der Waals surface area (Å²) in [7, 11) is 1.62. The third-order valence-electron chi connectivity index (χ3n) is 4.41. The van der Waals surface area contributed by atoms with E-state index in [-0.39, 0.29) is 5.91 Å². The van der Waals surface area contributed by atoms with Gasteiger partial charge >= 0.3 is 5.97 Å². The maximum atomic E-state index is 12.5. The molecular formula is C19H21NO4S. The Bertz CT molecular complexity index is 777. The highest BCUT2D eigenvalue weighted by atomic mass is 32.1. The molecule has 3 rings (SSSR count). The molecule has 0 saturated heterocycles. The summed E-state index contributed by atoms with van der Waals surface area (Å²) in [5.41, 5.74) is 1.98. The lowest BCUT2D eigenvalue weighted by Crippen LogP contribution is -2.40. The topological polar surface area (TPSA) is 75.6 Å². The van der Waals surface area contributed by atoms with Crippen molar-refractivity contribution in [1.29, 1.82) is 0 Å². The van der Waals surface area contributed by atoms with E-state index in [9.17, 15) is 14.7 Å². The molecule has 1 saturated carbocycles. The second-order valence-corrected chi connectivity index (χ2v) is 7.61. The van der Waals surface area contributed by atoms with Crippen LogP contribution >= 0.6 is 11.3 Å². The van der Waals surface area contributed by atoms with E-state index in [1.54, 1.807) is 7.11 Å². The Balaban J connectivity index is 1.75. The molecule has 1 fully saturated rings. The van der Waals surface area contributed by atoms with Crippen molar-refractivity contribution in [2.45, 2.75) is 32.2 Å². The van der Waals surface area contributed by atoms with Gasteiger partial charge in [-0.3, -0.25) is 4.79 Å². The number of aryl methyl sites for hydroxylation is 1. The number of ether oxygens (including phenoxy) is 1. The Morgan fingerprint density at radius 1 is 1.32 bits per heavy atom. The van der Waals surface area contributed by atoms with Gasteiger partial charge in [0.05, 0.1) is 12.0 Å². The number of carboxylic acids is 1. The summed E-state index contributed by atoms with van der Waals surface area (Å²) < 4.78 is 5.16. The Morgan fingerprint density at radius 2 is 2.00 bits per heavy atom. The Kier molecular flexibility index (Phi) is 5.08. The molecule has 5 nitrogen and oxygen atoms in total. The van der Waals surface area contributed by atoms with Gasteiger partial charge in [-0.25, -0.2) is 4.79 Å². The number of thiophene rings is 1. The van der Waals surface area contributed by atoms with Crippen molar-refractivity contribution < 1.29 is 19.4 Å². The zero-order chi connectivity index (χ0) is 18.0. The molecular weight excluding hydrogens is 338 g/mol. The van der Waals surface area contributed by atoms with Crippen LogP contribution in [0.3, 0.4) is 0 Å². The number of amides is 1. The molecule has 1 heterocycles. The summed E-state index contributed by atoms with van der Waals surface area (Å²) in [6, 6.07) is 8.66. The second-order valence-electron chi connectivity index (χ2n) is 6.35. The minimum Gasteiger partial charge on any atom is -0.497 e. The number of hydrogen-bond donors (Lipinski definition) is 2. The number of methoxy groups -OCH3 is 1. The summed E-state index contributed by atoms with van der Waals surface area (Å²) >= 11 is 1.38. The minimum absolute atomic E-state index is 0.319.